The Hall–Kier alpha value is -1.46. The molecule has 0 saturated heterocycles. The number of carbonyl (C=O) groups is 1. The minimum atomic E-state index is -0.401. The molecule has 4 N–H and O–H groups in total. The second kappa shape index (κ2) is 3.96. The van der Waals surface area contributed by atoms with E-state index in [1.165, 1.54) is 11.3 Å². The Balaban J connectivity index is 2.32. The van der Waals surface area contributed by atoms with Crippen LogP contribution in [0.3, 0.4) is 0 Å². The summed E-state index contributed by atoms with van der Waals surface area (Å²) >= 11 is 1.50. The summed E-state index contributed by atoms with van der Waals surface area (Å²) in [5, 5.41) is 0.759. The normalized spacial score (nSPS) is 12.9. The molecule has 2 aromatic rings. The number of aromatic nitrogens is 1. The first-order valence-electron chi connectivity index (χ1n) is 4.56. The predicted molar refractivity (Wildman–Crippen MR) is 60.4 cm³/mol. The van der Waals surface area contributed by atoms with E-state index >= 15 is 0 Å². The van der Waals surface area contributed by atoms with Crippen LogP contribution < -0.4 is 11.5 Å². The van der Waals surface area contributed by atoms with Crippen molar-refractivity contribution in [3.63, 3.8) is 0 Å². The van der Waals surface area contributed by atoms with Gasteiger partial charge in [0.05, 0.1) is 16.3 Å². The van der Waals surface area contributed by atoms with Gasteiger partial charge in [0, 0.05) is 6.42 Å². The first kappa shape index (κ1) is 10.1. The second-order valence-electron chi connectivity index (χ2n) is 3.30. The van der Waals surface area contributed by atoms with Crippen molar-refractivity contribution in [3.05, 3.63) is 29.3 Å². The number of rotatable bonds is 3. The van der Waals surface area contributed by atoms with Crippen LogP contribution in [0.25, 0.3) is 10.2 Å². The number of nitrogens with zero attached hydrogens (tertiary/aromatic N) is 1. The average molecular weight is 221 g/mol. The Bertz CT molecular complexity index is 461. The largest absolute Gasteiger partial charge is 0.370 e. The van der Waals surface area contributed by atoms with E-state index in [1.54, 1.807) is 0 Å². The Morgan fingerprint density at radius 2 is 2.20 bits per heavy atom. The van der Waals surface area contributed by atoms with E-state index in [9.17, 15) is 4.79 Å². The number of amides is 1. The molecule has 0 spiro atoms. The van der Waals surface area contributed by atoms with Crippen molar-refractivity contribution in [2.75, 3.05) is 0 Å². The Kier molecular flexibility index (Phi) is 2.66. The zero-order valence-corrected chi connectivity index (χ0v) is 8.83. The monoisotopic (exact) mass is 221 g/mol. The van der Waals surface area contributed by atoms with Gasteiger partial charge in [0.1, 0.15) is 5.01 Å². The topological polar surface area (TPSA) is 82.0 Å². The van der Waals surface area contributed by atoms with Crippen LogP contribution in [0.5, 0.6) is 0 Å². The molecule has 0 fully saturated rings. The van der Waals surface area contributed by atoms with Gasteiger partial charge in [-0.3, -0.25) is 4.79 Å². The van der Waals surface area contributed by atoms with Gasteiger partial charge in [-0.05, 0) is 12.1 Å². The van der Waals surface area contributed by atoms with Crippen molar-refractivity contribution in [2.24, 2.45) is 11.5 Å². The minimum absolute atomic E-state index is 0.139. The van der Waals surface area contributed by atoms with Crippen LogP contribution in [-0.4, -0.2) is 10.9 Å². The van der Waals surface area contributed by atoms with Crippen molar-refractivity contribution in [3.8, 4) is 0 Å². The van der Waals surface area contributed by atoms with E-state index in [2.05, 4.69) is 4.98 Å². The van der Waals surface area contributed by atoms with Crippen molar-refractivity contribution >= 4 is 27.5 Å². The number of hydrogen-bond acceptors (Lipinski definition) is 4. The van der Waals surface area contributed by atoms with Crippen LogP contribution >= 0.6 is 11.3 Å². The molecule has 0 saturated carbocycles. The second-order valence-corrected chi connectivity index (χ2v) is 4.36. The van der Waals surface area contributed by atoms with Crippen molar-refractivity contribution in [1.29, 1.82) is 0 Å². The number of hydrogen-bond donors (Lipinski definition) is 2. The van der Waals surface area contributed by atoms with Gasteiger partial charge in [0.25, 0.3) is 0 Å². The summed E-state index contributed by atoms with van der Waals surface area (Å²) < 4.78 is 1.08. The molecule has 0 aliphatic rings. The third kappa shape index (κ3) is 2.14. The number of para-hydroxylation sites is 1. The molecule has 5 heteroatoms. The molecular weight excluding hydrogens is 210 g/mol. The predicted octanol–water partition coefficient (Wildman–Crippen LogP) is 1.17. The van der Waals surface area contributed by atoms with E-state index in [1.807, 2.05) is 24.3 Å². The quantitative estimate of drug-likeness (QED) is 0.816. The lowest BCUT2D eigenvalue weighted by Gasteiger charge is -2.03. The summed E-state index contributed by atoms with van der Waals surface area (Å²) in [6.45, 7) is 0. The number of carbonyl (C=O) groups excluding carboxylic acids is 1. The third-order valence-corrected chi connectivity index (χ3v) is 3.22. The zero-order chi connectivity index (χ0) is 10.8. The summed E-state index contributed by atoms with van der Waals surface area (Å²) in [4.78, 5) is 15.1. The lowest BCUT2D eigenvalue weighted by molar-refractivity contribution is -0.118. The van der Waals surface area contributed by atoms with Crippen LogP contribution in [0.2, 0.25) is 0 Å². The SMILES string of the molecule is NC(=O)CC(N)c1nc2ccccc2s1. The van der Waals surface area contributed by atoms with Crippen LogP contribution in [0.1, 0.15) is 17.5 Å². The highest BCUT2D eigenvalue weighted by Crippen LogP contribution is 2.26. The van der Waals surface area contributed by atoms with Gasteiger partial charge in [-0.2, -0.15) is 0 Å². The molecule has 1 aromatic carbocycles. The van der Waals surface area contributed by atoms with Crippen molar-refractivity contribution in [1.82, 2.24) is 4.98 Å². The first-order valence-corrected chi connectivity index (χ1v) is 5.38. The molecule has 0 bridgehead atoms. The smallest absolute Gasteiger partial charge is 0.219 e. The molecule has 0 aliphatic heterocycles. The van der Waals surface area contributed by atoms with Crippen molar-refractivity contribution < 1.29 is 4.79 Å². The number of fused-ring (bicyclic) bond motifs is 1. The standard InChI is InChI=1S/C10H11N3OS/c11-6(5-9(12)14)10-13-7-3-1-2-4-8(7)15-10/h1-4,6H,5,11H2,(H2,12,14). The van der Waals surface area contributed by atoms with E-state index in [4.69, 9.17) is 11.5 Å². The third-order valence-electron chi connectivity index (χ3n) is 2.05. The van der Waals surface area contributed by atoms with E-state index in [-0.39, 0.29) is 12.5 Å². The maximum absolute atomic E-state index is 10.7. The number of primary amides is 1. The highest BCUT2D eigenvalue weighted by molar-refractivity contribution is 7.18. The first-order chi connectivity index (χ1) is 7.16. The Morgan fingerprint density at radius 3 is 2.87 bits per heavy atom. The van der Waals surface area contributed by atoms with Gasteiger partial charge in [-0.25, -0.2) is 4.98 Å². The molecule has 0 aliphatic carbocycles. The summed E-state index contributed by atoms with van der Waals surface area (Å²) in [5.74, 6) is -0.401. The molecule has 1 aromatic heterocycles. The van der Waals surface area contributed by atoms with Crippen LogP contribution in [0.15, 0.2) is 24.3 Å². The fourth-order valence-corrected chi connectivity index (χ4v) is 2.32. The summed E-state index contributed by atoms with van der Waals surface area (Å²) in [5.41, 5.74) is 11.8. The summed E-state index contributed by atoms with van der Waals surface area (Å²) in [7, 11) is 0. The summed E-state index contributed by atoms with van der Waals surface area (Å²) in [6, 6.07) is 7.38. The van der Waals surface area contributed by atoms with E-state index in [0.29, 0.717) is 0 Å². The van der Waals surface area contributed by atoms with Gasteiger partial charge in [0.15, 0.2) is 0 Å². The van der Waals surface area contributed by atoms with Crippen molar-refractivity contribution in [2.45, 2.75) is 12.5 Å². The number of nitrogens with two attached hydrogens (primary N) is 2. The molecule has 1 atom stereocenters. The van der Waals surface area contributed by atoms with Gasteiger partial charge < -0.3 is 11.5 Å². The van der Waals surface area contributed by atoms with Crippen LogP contribution in [0.4, 0.5) is 0 Å². The Labute approximate surface area is 90.9 Å². The van der Waals surface area contributed by atoms with Crippen LogP contribution in [-0.2, 0) is 4.79 Å². The van der Waals surface area contributed by atoms with E-state index < -0.39 is 5.91 Å². The molecule has 0 radical (unpaired) electrons. The van der Waals surface area contributed by atoms with Gasteiger partial charge in [0.2, 0.25) is 5.91 Å². The van der Waals surface area contributed by atoms with Gasteiger partial charge >= 0.3 is 0 Å². The summed E-state index contributed by atoms with van der Waals surface area (Å²) in [6.07, 6.45) is 0.139. The molecule has 1 amide bonds. The maximum atomic E-state index is 10.7. The fourth-order valence-electron chi connectivity index (χ4n) is 1.35. The molecule has 2 rings (SSSR count). The molecule has 78 valence electrons. The average Bonchev–Trinajstić information content (AvgIpc) is 2.59. The lowest BCUT2D eigenvalue weighted by Crippen LogP contribution is -2.20. The zero-order valence-electron chi connectivity index (χ0n) is 8.01. The number of thiazole rings is 1. The minimum Gasteiger partial charge on any atom is -0.370 e. The van der Waals surface area contributed by atoms with Crippen LogP contribution in [0, 0.1) is 0 Å². The van der Waals surface area contributed by atoms with Gasteiger partial charge in [-0.1, -0.05) is 12.1 Å². The Morgan fingerprint density at radius 1 is 1.47 bits per heavy atom. The molecule has 1 unspecified atom stereocenters. The maximum Gasteiger partial charge on any atom is 0.219 e. The molecule has 1 heterocycles. The van der Waals surface area contributed by atoms with E-state index in [0.717, 1.165) is 15.2 Å². The molecule has 15 heavy (non-hydrogen) atoms. The lowest BCUT2D eigenvalue weighted by atomic mass is 10.2. The number of benzene rings is 1. The molecular formula is C10H11N3OS. The highest BCUT2D eigenvalue weighted by Gasteiger charge is 2.13. The highest BCUT2D eigenvalue weighted by atomic mass is 32.1. The fraction of sp³-hybridized carbons (Fsp3) is 0.200. The van der Waals surface area contributed by atoms with Gasteiger partial charge in [-0.15, -0.1) is 11.3 Å². The molecule has 4 nitrogen and oxygen atoms in total.